The summed E-state index contributed by atoms with van der Waals surface area (Å²) in [6, 6.07) is 3.93. The Kier molecular flexibility index (Phi) is 7.24. The van der Waals surface area contributed by atoms with Crippen LogP contribution in [0.1, 0.15) is 28.8 Å². The number of carbonyl (C=O) groups is 1. The maximum Gasteiger partial charge on any atom is 0.254 e. The highest BCUT2D eigenvalue weighted by Gasteiger charge is 2.23. The van der Waals surface area contributed by atoms with E-state index in [1.54, 1.807) is 21.3 Å². The molecule has 156 valence electrons. The van der Waals surface area contributed by atoms with Gasteiger partial charge in [0.2, 0.25) is 5.75 Å². The highest BCUT2D eigenvalue weighted by atomic mass is 16.5. The van der Waals surface area contributed by atoms with E-state index >= 15 is 0 Å². The van der Waals surface area contributed by atoms with Gasteiger partial charge in [0.05, 0.1) is 26.9 Å². The van der Waals surface area contributed by atoms with Crippen molar-refractivity contribution in [3.8, 4) is 17.2 Å². The molecule has 0 atom stereocenters. The summed E-state index contributed by atoms with van der Waals surface area (Å²) in [5.41, 5.74) is 1.56. The number of nitrogens with zero attached hydrogens (tertiary/aromatic N) is 3. The van der Waals surface area contributed by atoms with Crippen LogP contribution in [-0.2, 0) is 6.54 Å². The zero-order chi connectivity index (χ0) is 20.6. The first kappa shape index (κ1) is 20.9. The minimum Gasteiger partial charge on any atom is -0.493 e. The van der Waals surface area contributed by atoms with Gasteiger partial charge < -0.3 is 19.5 Å². The van der Waals surface area contributed by atoms with Gasteiger partial charge in [0.15, 0.2) is 11.5 Å². The Morgan fingerprint density at radius 1 is 1.07 bits per heavy atom. The molecule has 1 N–H and O–H groups in total. The lowest BCUT2D eigenvalue weighted by molar-refractivity contribution is 0.0934. The molecule has 1 aromatic carbocycles. The van der Waals surface area contributed by atoms with E-state index in [0.29, 0.717) is 35.3 Å². The maximum atomic E-state index is 12.1. The minimum absolute atomic E-state index is 0.122. The molecule has 2 aromatic rings. The van der Waals surface area contributed by atoms with Gasteiger partial charge in [-0.1, -0.05) is 6.07 Å². The van der Waals surface area contributed by atoms with Crippen molar-refractivity contribution < 1.29 is 19.0 Å². The number of carbonyl (C=O) groups excluding carboxylic acids is 1. The smallest absolute Gasteiger partial charge is 0.254 e. The van der Waals surface area contributed by atoms with Crippen molar-refractivity contribution >= 4 is 5.91 Å². The van der Waals surface area contributed by atoms with Gasteiger partial charge in [0.25, 0.3) is 5.91 Å². The van der Waals surface area contributed by atoms with Crippen molar-refractivity contribution in [1.29, 1.82) is 0 Å². The van der Waals surface area contributed by atoms with Crippen molar-refractivity contribution in [2.24, 2.45) is 5.92 Å². The highest BCUT2D eigenvalue weighted by Crippen LogP contribution is 2.40. The van der Waals surface area contributed by atoms with E-state index in [1.165, 1.54) is 18.7 Å². The maximum absolute atomic E-state index is 12.1. The summed E-state index contributed by atoms with van der Waals surface area (Å²) in [6.45, 7) is 3.38. The number of piperidine rings is 1. The molecule has 8 nitrogen and oxygen atoms in total. The van der Waals surface area contributed by atoms with Gasteiger partial charge in [0.1, 0.15) is 6.33 Å². The van der Waals surface area contributed by atoms with Crippen LogP contribution in [0.4, 0.5) is 0 Å². The second kappa shape index (κ2) is 10.1. The minimum atomic E-state index is -0.122. The molecule has 3 rings (SSSR count). The van der Waals surface area contributed by atoms with Crippen LogP contribution in [0.25, 0.3) is 0 Å². The molecule has 0 radical (unpaired) electrons. The number of benzene rings is 1. The summed E-state index contributed by atoms with van der Waals surface area (Å²) in [5, 5.41) is 2.99. The van der Waals surface area contributed by atoms with E-state index in [2.05, 4.69) is 20.2 Å². The summed E-state index contributed by atoms with van der Waals surface area (Å²) in [7, 11) is 4.88. The summed E-state index contributed by atoms with van der Waals surface area (Å²) in [6.07, 6.45) is 6.53. The van der Waals surface area contributed by atoms with E-state index in [-0.39, 0.29) is 5.91 Å². The lowest BCUT2D eigenvalue weighted by Gasteiger charge is -2.32. The molecule has 8 heteroatoms. The SMILES string of the molecule is COc1ccc(CN2CCC(CNC(=O)c3cncnc3)CC2)c(OC)c1OC. The van der Waals surface area contributed by atoms with Crippen LogP contribution in [-0.4, -0.2) is 61.7 Å². The molecule has 1 amide bonds. The molecule has 0 saturated carbocycles. The van der Waals surface area contributed by atoms with Gasteiger partial charge in [-0.3, -0.25) is 9.69 Å². The first-order chi connectivity index (χ1) is 14.2. The van der Waals surface area contributed by atoms with E-state index in [0.717, 1.165) is 38.0 Å². The van der Waals surface area contributed by atoms with Gasteiger partial charge >= 0.3 is 0 Å². The fourth-order valence-electron chi connectivity index (χ4n) is 3.63. The van der Waals surface area contributed by atoms with Gasteiger partial charge in [-0.15, -0.1) is 0 Å². The number of aromatic nitrogens is 2. The van der Waals surface area contributed by atoms with Crippen LogP contribution in [0, 0.1) is 5.92 Å². The second-order valence-corrected chi connectivity index (χ2v) is 7.05. The fourth-order valence-corrected chi connectivity index (χ4v) is 3.63. The molecule has 0 unspecified atom stereocenters. The quantitative estimate of drug-likeness (QED) is 0.727. The zero-order valence-corrected chi connectivity index (χ0v) is 17.2. The largest absolute Gasteiger partial charge is 0.493 e. The number of rotatable bonds is 8. The number of ether oxygens (including phenoxy) is 3. The Bertz CT molecular complexity index is 808. The third-order valence-corrected chi connectivity index (χ3v) is 5.26. The van der Waals surface area contributed by atoms with Crippen molar-refractivity contribution in [3.05, 3.63) is 42.0 Å². The molecule has 29 heavy (non-hydrogen) atoms. The average molecular weight is 400 g/mol. The molecule has 1 fully saturated rings. The van der Waals surface area contributed by atoms with Gasteiger partial charge in [-0.05, 0) is 37.9 Å². The topological polar surface area (TPSA) is 85.8 Å². The van der Waals surface area contributed by atoms with Gasteiger partial charge in [-0.25, -0.2) is 9.97 Å². The molecular formula is C21H28N4O4. The number of likely N-dealkylation sites (tertiary alicyclic amines) is 1. The number of hydrogen-bond acceptors (Lipinski definition) is 7. The molecule has 1 aliphatic heterocycles. The number of methoxy groups -OCH3 is 3. The predicted molar refractivity (Wildman–Crippen MR) is 108 cm³/mol. The molecule has 1 aromatic heterocycles. The van der Waals surface area contributed by atoms with E-state index in [1.807, 2.05) is 12.1 Å². The first-order valence-electron chi connectivity index (χ1n) is 9.69. The van der Waals surface area contributed by atoms with Crippen molar-refractivity contribution in [2.45, 2.75) is 19.4 Å². The summed E-state index contributed by atoms with van der Waals surface area (Å²) in [4.78, 5) is 22.3. The summed E-state index contributed by atoms with van der Waals surface area (Å²) >= 11 is 0. The lowest BCUT2D eigenvalue weighted by atomic mass is 9.96. The van der Waals surface area contributed by atoms with Crippen molar-refractivity contribution in [2.75, 3.05) is 41.0 Å². The van der Waals surface area contributed by atoms with Crippen molar-refractivity contribution in [3.63, 3.8) is 0 Å². The zero-order valence-electron chi connectivity index (χ0n) is 17.2. The Morgan fingerprint density at radius 2 is 1.76 bits per heavy atom. The van der Waals surface area contributed by atoms with Crippen LogP contribution in [0.2, 0.25) is 0 Å². The summed E-state index contributed by atoms with van der Waals surface area (Å²) in [5.74, 6) is 2.34. The lowest BCUT2D eigenvalue weighted by Crippen LogP contribution is -2.38. The van der Waals surface area contributed by atoms with Crippen molar-refractivity contribution in [1.82, 2.24) is 20.2 Å². The van der Waals surface area contributed by atoms with Gasteiger partial charge in [-0.2, -0.15) is 0 Å². The standard InChI is InChI=1S/C21H28N4O4/c1-27-18-5-4-16(19(28-2)20(18)29-3)13-25-8-6-15(7-9-25)10-24-21(26)17-11-22-14-23-12-17/h4-5,11-12,14-15H,6-10,13H2,1-3H3,(H,24,26). The molecule has 2 heterocycles. The number of hydrogen-bond donors (Lipinski definition) is 1. The van der Waals surface area contributed by atoms with E-state index in [4.69, 9.17) is 14.2 Å². The van der Waals surface area contributed by atoms with Crippen LogP contribution < -0.4 is 19.5 Å². The molecule has 0 bridgehead atoms. The number of nitrogens with one attached hydrogen (secondary N) is 1. The van der Waals surface area contributed by atoms with Crippen LogP contribution in [0.5, 0.6) is 17.2 Å². The molecular weight excluding hydrogens is 372 g/mol. The van der Waals surface area contributed by atoms with Crippen LogP contribution in [0.15, 0.2) is 30.9 Å². The summed E-state index contributed by atoms with van der Waals surface area (Å²) < 4.78 is 16.4. The normalized spacial score (nSPS) is 15.0. The number of amides is 1. The first-order valence-corrected chi connectivity index (χ1v) is 9.69. The third kappa shape index (κ3) is 5.14. The Hall–Kier alpha value is -2.87. The third-order valence-electron chi connectivity index (χ3n) is 5.26. The molecule has 1 saturated heterocycles. The Morgan fingerprint density at radius 3 is 2.38 bits per heavy atom. The van der Waals surface area contributed by atoms with Gasteiger partial charge in [0, 0.05) is 31.0 Å². The Labute approximate surface area is 171 Å². The van der Waals surface area contributed by atoms with E-state index in [9.17, 15) is 4.79 Å². The van der Waals surface area contributed by atoms with E-state index < -0.39 is 0 Å². The molecule has 0 spiro atoms. The fraction of sp³-hybridized carbons (Fsp3) is 0.476. The average Bonchev–Trinajstić information content (AvgIpc) is 2.78. The molecule has 0 aliphatic carbocycles. The second-order valence-electron chi connectivity index (χ2n) is 7.05. The predicted octanol–water partition coefficient (Wildman–Crippen LogP) is 2.14. The highest BCUT2D eigenvalue weighted by molar-refractivity contribution is 5.93. The van der Waals surface area contributed by atoms with Crippen LogP contribution in [0.3, 0.4) is 0 Å². The monoisotopic (exact) mass is 400 g/mol. The van der Waals surface area contributed by atoms with Crippen LogP contribution >= 0.6 is 0 Å². The molecule has 1 aliphatic rings. The Balaban J connectivity index is 1.52.